The first-order chi connectivity index (χ1) is 4.30. The second-order valence-corrected chi connectivity index (χ2v) is 6.59. The molecule has 0 nitrogen and oxygen atoms in total. The third kappa shape index (κ3) is 1.92. The van der Waals surface area contributed by atoms with E-state index in [1.54, 1.807) is 0 Å². The first-order valence-corrected chi connectivity index (χ1v) is 6.76. The van der Waals surface area contributed by atoms with E-state index in [9.17, 15) is 0 Å². The van der Waals surface area contributed by atoms with Crippen molar-refractivity contribution in [1.29, 1.82) is 0 Å². The van der Waals surface area contributed by atoms with Gasteiger partial charge in [0.15, 0.2) is 0 Å². The van der Waals surface area contributed by atoms with E-state index in [4.69, 9.17) is 0 Å². The highest BCUT2D eigenvalue weighted by Gasteiger charge is 1.96. The van der Waals surface area contributed by atoms with Crippen LogP contribution in [-0.4, -0.2) is 8.46 Å². The Bertz CT molecular complexity index is 172. The third-order valence-corrected chi connectivity index (χ3v) is 3.47. The molecular formula is C7H10PSi. The Morgan fingerprint density at radius 2 is 1.78 bits per heavy atom. The molecule has 1 radical (unpaired) electrons. The van der Waals surface area contributed by atoms with Crippen molar-refractivity contribution in [2.75, 3.05) is 0 Å². The molecule has 0 spiro atoms. The molecule has 1 atom stereocenters. The number of hydrogen-bond donors (Lipinski definition) is 0. The summed E-state index contributed by atoms with van der Waals surface area (Å²) in [5, 5.41) is 1.48. The van der Waals surface area contributed by atoms with Crippen LogP contribution < -0.4 is 5.19 Å². The monoisotopic (exact) mass is 153 g/mol. The molecule has 9 heavy (non-hydrogen) atoms. The van der Waals surface area contributed by atoms with E-state index in [2.05, 4.69) is 45.7 Å². The van der Waals surface area contributed by atoms with Gasteiger partial charge in [0.25, 0.3) is 0 Å². The predicted octanol–water partition coefficient (Wildman–Crippen LogP) is 1.39. The summed E-state index contributed by atoms with van der Waals surface area (Å²) >= 11 is 0. The van der Waals surface area contributed by atoms with Gasteiger partial charge in [-0.3, -0.25) is 0 Å². The molecule has 1 aromatic carbocycles. The molecule has 2 heteroatoms. The molecule has 47 valence electrons. The maximum absolute atomic E-state index is 2.87. The van der Waals surface area contributed by atoms with E-state index in [1.165, 1.54) is 5.19 Å². The van der Waals surface area contributed by atoms with Crippen molar-refractivity contribution in [2.45, 2.75) is 6.55 Å². The minimum Gasteiger partial charge on any atom is -0.146 e. The van der Waals surface area contributed by atoms with Gasteiger partial charge in [-0.15, -0.1) is 8.79 Å². The third-order valence-electron chi connectivity index (χ3n) is 1.23. The van der Waals surface area contributed by atoms with Crippen molar-refractivity contribution in [2.24, 2.45) is 0 Å². The molecule has 0 aliphatic rings. The van der Waals surface area contributed by atoms with Crippen molar-refractivity contribution in [1.82, 2.24) is 0 Å². The fraction of sp³-hybridized carbons (Fsp3) is 0.143. The first kappa shape index (κ1) is 6.98. The molecule has 1 rings (SSSR count). The highest BCUT2D eigenvalue weighted by Crippen LogP contribution is 1.93. The Morgan fingerprint density at radius 1 is 1.22 bits per heavy atom. The van der Waals surface area contributed by atoms with Crippen LogP contribution in [0.2, 0.25) is 6.55 Å². The average Bonchev–Trinajstić information content (AvgIpc) is 1.90. The van der Waals surface area contributed by atoms with Crippen molar-refractivity contribution in [3.63, 3.8) is 0 Å². The molecule has 0 heterocycles. The molecule has 0 saturated heterocycles. The van der Waals surface area contributed by atoms with E-state index in [-0.39, 0.29) is 8.46 Å². The maximum atomic E-state index is 2.87. The lowest BCUT2D eigenvalue weighted by molar-refractivity contribution is 1.76. The van der Waals surface area contributed by atoms with Gasteiger partial charge < -0.3 is 0 Å². The van der Waals surface area contributed by atoms with Gasteiger partial charge in [0, 0.05) is 0 Å². The van der Waals surface area contributed by atoms with E-state index in [0.717, 1.165) is 0 Å². The quantitative estimate of drug-likeness (QED) is 0.422. The Balaban J connectivity index is 2.85. The number of rotatable bonds is 1. The average molecular weight is 153 g/mol. The summed E-state index contributed by atoms with van der Waals surface area (Å²) < 4.78 is 0. The SMILES string of the molecule is C[Si](P)c1ccccc1. The molecule has 0 N–H and O–H groups in total. The summed E-state index contributed by atoms with van der Waals surface area (Å²) in [6.45, 7) is 2.27. The lowest BCUT2D eigenvalue weighted by Crippen LogP contribution is -2.18. The van der Waals surface area contributed by atoms with Crippen molar-refractivity contribution >= 4 is 22.4 Å². The van der Waals surface area contributed by atoms with E-state index in [0.29, 0.717) is 0 Å². The van der Waals surface area contributed by atoms with E-state index >= 15 is 0 Å². The topological polar surface area (TPSA) is 0 Å². The molecular weight excluding hydrogens is 143 g/mol. The Hall–Kier alpha value is -0.133. The molecule has 0 bridgehead atoms. The highest BCUT2D eigenvalue weighted by atomic mass is 31.3. The number of benzene rings is 1. The predicted molar refractivity (Wildman–Crippen MR) is 47.4 cm³/mol. The van der Waals surface area contributed by atoms with Crippen molar-refractivity contribution in [3.8, 4) is 0 Å². The van der Waals surface area contributed by atoms with Gasteiger partial charge in [-0.25, -0.2) is 0 Å². The molecule has 0 fully saturated rings. The molecule has 0 aliphatic heterocycles. The molecule has 1 unspecified atom stereocenters. The first-order valence-electron chi connectivity index (χ1n) is 2.95. The van der Waals surface area contributed by atoms with Crippen molar-refractivity contribution < 1.29 is 0 Å². The standard InChI is InChI=1S/C7H10PSi/c1-9(8)7-5-3-2-4-6-7/h2-6H,8H2,1H3. The summed E-state index contributed by atoms with van der Waals surface area (Å²) in [6, 6.07) is 10.6. The fourth-order valence-corrected chi connectivity index (χ4v) is 2.00. The van der Waals surface area contributed by atoms with Crippen LogP contribution >= 0.6 is 8.79 Å². The van der Waals surface area contributed by atoms with Crippen molar-refractivity contribution in [3.05, 3.63) is 30.3 Å². The van der Waals surface area contributed by atoms with E-state index in [1.807, 2.05) is 0 Å². The van der Waals surface area contributed by atoms with Crippen LogP contribution in [-0.2, 0) is 0 Å². The van der Waals surface area contributed by atoms with Gasteiger partial charge in [0.05, 0.1) is 0 Å². The summed E-state index contributed by atoms with van der Waals surface area (Å²) in [4.78, 5) is 0. The molecule has 0 amide bonds. The zero-order valence-electron chi connectivity index (χ0n) is 5.46. The second-order valence-electron chi connectivity index (χ2n) is 2.05. The Labute approximate surface area is 60.0 Å². The number of hydrogen-bond acceptors (Lipinski definition) is 0. The normalized spacial score (nSPS) is 10.1. The molecule has 0 aromatic heterocycles. The van der Waals surface area contributed by atoms with Gasteiger partial charge in [-0.05, 0) is 0 Å². The summed E-state index contributed by atoms with van der Waals surface area (Å²) in [5.41, 5.74) is 0. The van der Waals surface area contributed by atoms with Gasteiger partial charge in [-0.1, -0.05) is 42.1 Å². The fourth-order valence-electron chi connectivity index (χ4n) is 0.701. The Morgan fingerprint density at radius 3 is 2.11 bits per heavy atom. The highest BCUT2D eigenvalue weighted by molar-refractivity contribution is 7.64. The van der Waals surface area contributed by atoms with Gasteiger partial charge in [0.2, 0.25) is 0 Å². The van der Waals surface area contributed by atoms with Gasteiger partial charge in [0.1, 0.15) is 8.46 Å². The second kappa shape index (κ2) is 3.14. The lowest BCUT2D eigenvalue weighted by atomic mass is 10.4. The van der Waals surface area contributed by atoms with Gasteiger partial charge in [-0.2, -0.15) is 0 Å². The van der Waals surface area contributed by atoms with Crippen LogP contribution in [0.4, 0.5) is 0 Å². The minimum atomic E-state index is -0.296. The van der Waals surface area contributed by atoms with E-state index < -0.39 is 0 Å². The van der Waals surface area contributed by atoms with Crippen LogP contribution in [0.5, 0.6) is 0 Å². The lowest BCUT2D eigenvalue weighted by Gasteiger charge is -1.99. The van der Waals surface area contributed by atoms with Crippen LogP contribution in [0.25, 0.3) is 0 Å². The zero-order chi connectivity index (χ0) is 6.69. The minimum absolute atomic E-state index is 0.296. The molecule has 0 saturated carbocycles. The van der Waals surface area contributed by atoms with Gasteiger partial charge >= 0.3 is 0 Å². The summed E-state index contributed by atoms with van der Waals surface area (Å²) in [5.74, 6) is 0. The summed E-state index contributed by atoms with van der Waals surface area (Å²) in [6.07, 6.45) is 0. The smallest absolute Gasteiger partial charge is 0.106 e. The van der Waals surface area contributed by atoms with Crippen LogP contribution in [0.3, 0.4) is 0 Å². The largest absolute Gasteiger partial charge is 0.146 e. The Kier molecular flexibility index (Phi) is 2.44. The summed E-state index contributed by atoms with van der Waals surface area (Å²) in [7, 11) is 2.58. The van der Waals surface area contributed by atoms with Crippen LogP contribution in [0.15, 0.2) is 30.3 Å². The van der Waals surface area contributed by atoms with Crippen LogP contribution in [0, 0.1) is 0 Å². The van der Waals surface area contributed by atoms with Crippen LogP contribution in [0.1, 0.15) is 0 Å². The zero-order valence-corrected chi connectivity index (χ0v) is 7.62. The molecule has 1 aromatic rings. The maximum Gasteiger partial charge on any atom is 0.106 e. The molecule has 0 aliphatic carbocycles.